The first-order valence-electron chi connectivity index (χ1n) is 11.0. The molecule has 1 heterocycles. The van der Waals surface area contributed by atoms with Gasteiger partial charge in [0, 0.05) is 47.8 Å². The summed E-state index contributed by atoms with van der Waals surface area (Å²) in [4.78, 5) is 29.3. The van der Waals surface area contributed by atoms with E-state index >= 15 is 0 Å². The van der Waals surface area contributed by atoms with E-state index < -0.39 is 0 Å². The van der Waals surface area contributed by atoms with Crippen LogP contribution in [0.4, 0.5) is 0 Å². The van der Waals surface area contributed by atoms with Crippen LogP contribution in [0.15, 0.2) is 52.9 Å². The Morgan fingerprint density at radius 2 is 1.31 bits per heavy atom. The van der Waals surface area contributed by atoms with Crippen molar-refractivity contribution in [1.29, 1.82) is 0 Å². The number of hydrogen-bond donors (Lipinski definition) is 0. The summed E-state index contributed by atoms with van der Waals surface area (Å²) >= 11 is 0. The molecule has 0 aromatic heterocycles. The van der Waals surface area contributed by atoms with Gasteiger partial charge in [0.25, 0.3) is 0 Å². The fourth-order valence-corrected chi connectivity index (χ4v) is 5.52. The predicted molar refractivity (Wildman–Crippen MR) is 116 cm³/mol. The van der Waals surface area contributed by atoms with Crippen LogP contribution in [0.1, 0.15) is 78.2 Å². The molecule has 0 saturated heterocycles. The molecule has 0 bridgehead atoms. The number of benzene rings is 1. The molecule has 0 saturated carbocycles. The van der Waals surface area contributed by atoms with Crippen molar-refractivity contribution in [3.8, 4) is 0 Å². The monoisotopic (exact) mass is 391 g/mol. The molecule has 3 heteroatoms. The summed E-state index contributed by atoms with van der Waals surface area (Å²) in [6.45, 7) is 11.8. The first kappa shape index (κ1) is 20.1. The zero-order chi connectivity index (χ0) is 21.0. The number of rotatable bonds is 3. The molecule has 3 aliphatic rings. The Balaban J connectivity index is 1.98. The van der Waals surface area contributed by atoms with Crippen LogP contribution < -0.4 is 0 Å². The van der Waals surface area contributed by atoms with Crippen molar-refractivity contribution in [1.82, 2.24) is 4.90 Å². The highest BCUT2D eigenvalue weighted by Crippen LogP contribution is 2.54. The molecule has 2 aliphatic carbocycles. The van der Waals surface area contributed by atoms with Crippen molar-refractivity contribution in [2.75, 3.05) is 6.54 Å². The number of ketones is 2. The minimum Gasteiger partial charge on any atom is -0.348 e. The van der Waals surface area contributed by atoms with Gasteiger partial charge in [-0.2, -0.15) is 0 Å². The van der Waals surface area contributed by atoms with Gasteiger partial charge in [0.15, 0.2) is 11.6 Å². The number of carbonyl (C=O) groups excluding carboxylic acids is 2. The lowest BCUT2D eigenvalue weighted by atomic mass is 9.63. The van der Waals surface area contributed by atoms with Crippen LogP contribution >= 0.6 is 0 Å². The summed E-state index contributed by atoms with van der Waals surface area (Å²) in [5, 5.41) is 0. The van der Waals surface area contributed by atoms with Gasteiger partial charge in [-0.15, -0.1) is 0 Å². The third-order valence-corrected chi connectivity index (χ3v) is 6.60. The average Bonchev–Trinajstić information content (AvgIpc) is 2.61. The maximum atomic E-state index is 13.5. The van der Waals surface area contributed by atoms with Crippen LogP contribution in [0.3, 0.4) is 0 Å². The fourth-order valence-electron chi connectivity index (χ4n) is 5.52. The van der Waals surface area contributed by atoms with E-state index in [1.165, 1.54) is 11.4 Å². The zero-order valence-corrected chi connectivity index (χ0v) is 18.5. The summed E-state index contributed by atoms with van der Waals surface area (Å²) < 4.78 is 0. The lowest BCUT2D eigenvalue weighted by Gasteiger charge is -2.49. The predicted octanol–water partition coefficient (Wildman–Crippen LogP) is 5.78. The fraction of sp³-hybridized carbons (Fsp3) is 0.538. The lowest BCUT2D eigenvalue weighted by Crippen LogP contribution is -2.44. The van der Waals surface area contributed by atoms with Crippen LogP contribution in [-0.2, 0) is 9.59 Å². The summed E-state index contributed by atoms with van der Waals surface area (Å²) in [5.74, 6) is 0.229. The van der Waals surface area contributed by atoms with Crippen molar-refractivity contribution >= 4 is 11.6 Å². The maximum absolute atomic E-state index is 13.5. The van der Waals surface area contributed by atoms with E-state index in [0.29, 0.717) is 12.8 Å². The van der Waals surface area contributed by atoms with Crippen LogP contribution in [0.5, 0.6) is 0 Å². The smallest absolute Gasteiger partial charge is 0.162 e. The third-order valence-electron chi connectivity index (χ3n) is 6.60. The number of allylic oxidation sites excluding steroid dienone is 4. The first-order valence-corrected chi connectivity index (χ1v) is 11.0. The van der Waals surface area contributed by atoms with E-state index in [0.717, 1.165) is 42.5 Å². The normalized spacial score (nSPS) is 24.0. The number of carbonyl (C=O) groups is 2. The molecule has 154 valence electrons. The van der Waals surface area contributed by atoms with E-state index in [-0.39, 0.29) is 28.3 Å². The minimum atomic E-state index is -0.207. The van der Waals surface area contributed by atoms with Gasteiger partial charge >= 0.3 is 0 Å². The Hall–Kier alpha value is -2.16. The topological polar surface area (TPSA) is 37.4 Å². The van der Waals surface area contributed by atoms with Gasteiger partial charge < -0.3 is 4.90 Å². The molecule has 0 N–H and O–H groups in total. The Morgan fingerprint density at radius 3 is 1.76 bits per heavy atom. The Kier molecular flexibility index (Phi) is 4.83. The third kappa shape index (κ3) is 3.49. The second kappa shape index (κ2) is 6.97. The molecule has 0 spiro atoms. The van der Waals surface area contributed by atoms with Gasteiger partial charge in [-0.1, -0.05) is 65.0 Å². The quantitative estimate of drug-likeness (QED) is 0.655. The Bertz CT molecular complexity index is 863. The van der Waals surface area contributed by atoms with Crippen molar-refractivity contribution in [2.45, 2.75) is 72.6 Å². The molecule has 1 aromatic rings. The number of nitrogens with zero attached hydrogens (tertiary/aromatic N) is 1. The van der Waals surface area contributed by atoms with E-state index in [1.54, 1.807) is 0 Å². The zero-order valence-electron chi connectivity index (χ0n) is 18.5. The molecule has 0 radical (unpaired) electrons. The van der Waals surface area contributed by atoms with Crippen molar-refractivity contribution in [3.05, 3.63) is 58.4 Å². The van der Waals surface area contributed by atoms with Crippen LogP contribution in [0, 0.1) is 10.8 Å². The Morgan fingerprint density at radius 1 is 0.828 bits per heavy atom. The maximum Gasteiger partial charge on any atom is 0.162 e. The van der Waals surface area contributed by atoms with Crippen molar-refractivity contribution in [3.63, 3.8) is 0 Å². The van der Waals surface area contributed by atoms with Crippen LogP contribution in [0.2, 0.25) is 0 Å². The van der Waals surface area contributed by atoms with Crippen LogP contribution in [0.25, 0.3) is 0 Å². The lowest BCUT2D eigenvalue weighted by molar-refractivity contribution is -0.119. The number of Topliss-reactive ketones (excluding diaryl/α,β-unsaturated/α-hetero) is 2. The molecule has 0 unspecified atom stereocenters. The van der Waals surface area contributed by atoms with Crippen molar-refractivity contribution < 1.29 is 9.59 Å². The highest BCUT2D eigenvalue weighted by Gasteiger charge is 2.48. The molecule has 4 rings (SSSR count). The van der Waals surface area contributed by atoms with Crippen molar-refractivity contribution in [2.24, 2.45) is 10.8 Å². The second-order valence-corrected chi connectivity index (χ2v) is 10.6. The van der Waals surface area contributed by atoms with Gasteiger partial charge in [0.2, 0.25) is 0 Å². The van der Waals surface area contributed by atoms with Gasteiger partial charge in [-0.3, -0.25) is 9.59 Å². The summed E-state index contributed by atoms with van der Waals surface area (Å²) in [7, 11) is 0. The highest BCUT2D eigenvalue weighted by molar-refractivity contribution is 6.06. The first-order chi connectivity index (χ1) is 13.6. The Labute approximate surface area is 174 Å². The molecule has 1 aliphatic heterocycles. The van der Waals surface area contributed by atoms with E-state index in [2.05, 4.69) is 51.7 Å². The van der Waals surface area contributed by atoms with Gasteiger partial charge in [-0.25, -0.2) is 0 Å². The van der Waals surface area contributed by atoms with Gasteiger partial charge in [-0.05, 0) is 35.7 Å². The minimum absolute atomic E-state index is 0.0462. The molecule has 29 heavy (non-hydrogen) atoms. The molecular weight excluding hydrogens is 358 g/mol. The molecule has 3 nitrogen and oxygen atoms in total. The standard InChI is InChI=1S/C26H33NO2/c1-6-12-27-18-13-25(2,3)15-20(28)23(18)22(17-10-8-7-9-11-17)24-19(27)14-26(4,5)16-21(24)29/h7-11,22H,6,12-16H2,1-5H3. The van der Waals surface area contributed by atoms with Crippen LogP contribution in [-0.4, -0.2) is 23.0 Å². The second-order valence-electron chi connectivity index (χ2n) is 10.6. The molecule has 0 amide bonds. The molecular formula is C26H33NO2. The van der Waals surface area contributed by atoms with E-state index in [4.69, 9.17) is 0 Å². The summed E-state index contributed by atoms with van der Waals surface area (Å²) in [6, 6.07) is 10.2. The van der Waals surface area contributed by atoms with E-state index in [1.807, 2.05) is 18.2 Å². The molecule has 0 fully saturated rings. The van der Waals surface area contributed by atoms with E-state index in [9.17, 15) is 9.59 Å². The van der Waals surface area contributed by atoms with Gasteiger partial charge in [0.1, 0.15) is 0 Å². The largest absolute Gasteiger partial charge is 0.348 e. The molecule has 1 aromatic carbocycles. The summed E-state index contributed by atoms with van der Waals surface area (Å²) in [5.41, 5.74) is 5.10. The summed E-state index contributed by atoms with van der Waals surface area (Å²) in [6.07, 6.45) is 3.88. The SMILES string of the molecule is CCCN1C2=C(C(=O)CC(C)(C)C2)C(c2ccccc2)C2=C1CC(C)(C)CC2=O. The average molecular weight is 392 g/mol. The van der Waals surface area contributed by atoms with Gasteiger partial charge in [0.05, 0.1) is 0 Å². The highest BCUT2D eigenvalue weighted by atomic mass is 16.1. The molecule has 0 atom stereocenters. The number of hydrogen-bond acceptors (Lipinski definition) is 3.